The van der Waals surface area contributed by atoms with E-state index in [-0.39, 0.29) is 10.2 Å². The van der Waals surface area contributed by atoms with Crippen LogP contribution in [0.1, 0.15) is 19.5 Å². The molecule has 1 N–H and O–H groups in total. The molecule has 0 aliphatic heterocycles. The van der Waals surface area contributed by atoms with Crippen LogP contribution in [0.15, 0.2) is 22.8 Å². The summed E-state index contributed by atoms with van der Waals surface area (Å²) < 4.78 is 28.6. The first-order valence-electron chi connectivity index (χ1n) is 6.24. The van der Waals surface area contributed by atoms with Crippen LogP contribution in [0, 0.1) is 17.6 Å². The van der Waals surface area contributed by atoms with Gasteiger partial charge >= 0.3 is 0 Å². The van der Waals surface area contributed by atoms with Crippen LogP contribution in [0.25, 0.3) is 5.69 Å². The summed E-state index contributed by atoms with van der Waals surface area (Å²) in [6, 6.07) is 2.16. The second kappa shape index (κ2) is 6.41. The smallest absolute Gasteiger partial charge is 0.150 e. The van der Waals surface area contributed by atoms with Gasteiger partial charge in [0.05, 0.1) is 16.4 Å². The first-order valence-corrected chi connectivity index (χ1v) is 7.03. The van der Waals surface area contributed by atoms with Crippen molar-refractivity contribution in [3.05, 3.63) is 40.1 Å². The number of rotatable bonds is 5. The molecule has 0 fully saturated rings. The van der Waals surface area contributed by atoms with Crippen LogP contribution in [0.3, 0.4) is 0 Å². The first-order chi connectivity index (χ1) is 9.47. The fourth-order valence-electron chi connectivity index (χ4n) is 1.67. The molecule has 0 saturated heterocycles. The van der Waals surface area contributed by atoms with Gasteiger partial charge < -0.3 is 5.32 Å². The minimum atomic E-state index is -0.565. The van der Waals surface area contributed by atoms with Crippen molar-refractivity contribution >= 4 is 15.9 Å². The highest BCUT2D eigenvalue weighted by molar-refractivity contribution is 9.10. The van der Waals surface area contributed by atoms with Crippen molar-refractivity contribution in [1.82, 2.24) is 20.3 Å². The van der Waals surface area contributed by atoms with Crippen LogP contribution >= 0.6 is 15.9 Å². The Kier molecular flexibility index (Phi) is 4.82. The molecule has 108 valence electrons. The quantitative estimate of drug-likeness (QED) is 0.847. The Balaban J connectivity index is 2.14. The lowest BCUT2D eigenvalue weighted by Crippen LogP contribution is -2.19. The number of benzene rings is 1. The van der Waals surface area contributed by atoms with E-state index in [0.29, 0.717) is 18.2 Å². The molecule has 1 aromatic heterocycles. The number of halogens is 3. The molecule has 0 aliphatic carbocycles. The molecule has 0 amide bonds. The second-order valence-electron chi connectivity index (χ2n) is 4.90. The number of nitrogens with one attached hydrogen (secondary N) is 1. The van der Waals surface area contributed by atoms with Gasteiger partial charge in [-0.2, -0.15) is 0 Å². The summed E-state index contributed by atoms with van der Waals surface area (Å²) in [6.45, 7) is 5.60. The van der Waals surface area contributed by atoms with Crippen LogP contribution in [0.2, 0.25) is 0 Å². The molecule has 1 heterocycles. The van der Waals surface area contributed by atoms with Crippen molar-refractivity contribution in [2.24, 2.45) is 5.92 Å². The average molecular weight is 345 g/mol. The highest BCUT2D eigenvalue weighted by Gasteiger charge is 2.12. The topological polar surface area (TPSA) is 42.7 Å². The maximum Gasteiger partial charge on any atom is 0.150 e. The van der Waals surface area contributed by atoms with E-state index in [0.717, 1.165) is 18.7 Å². The van der Waals surface area contributed by atoms with E-state index in [1.165, 1.54) is 4.68 Å². The van der Waals surface area contributed by atoms with E-state index in [1.807, 2.05) is 0 Å². The third-order valence-electron chi connectivity index (χ3n) is 2.64. The van der Waals surface area contributed by atoms with E-state index in [2.05, 4.69) is 45.4 Å². The Morgan fingerprint density at radius 1 is 1.30 bits per heavy atom. The number of nitrogens with zero attached hydrogens (tertiary/aromatic N) is 3. The third kappa shape index (κ3) is 3.61. The number of aromatic nitrogens is 3. The zero-order valence-electron chi connectivity index (χ0n) is 11.2. The highest BCUT2D eigenvalue weighted by Crippen LogP contribution is 2.22. The Morgan fingerprint density at radius 3 is 2.75 bits per heavy atom. The van der Waals surface area contributed by atoms with Gasteiger partial charge in [0.15, 0.2) is 0 Å². The van der Waals surface area contributed by atoms with Gasteiger partial charge in [-0.3, -0.25) is 0 Å². The Labute approximate surface area is 124 Å². The number of hydrogen-bond donors (Lipinski definition) is 1. The molecule has 0 unspecified atom stereocenters. The van der Waals surface area contributed by atoms with E-state index >= 15 is 0 Å². The van der Waals surface area contributed by atoms with Gasteiger partial charge in [0.1, 0.15) is 17.3 Å². The van der Waals surface area contributed by atoms with E-state index in [1.54, 1.807) is 6.20 Å². The van der Waals surface area contributed by atoms with Gasteiger partial charge in [0.25, 0.3) is 0 Å². The molecular formula is C13H15BrF2N4. The van der Waals surface area contributed by atoms with Gasteiger partial charge in [-0.15, -0.1) is 5.10 Å². The highest BCUT2D eigenvalue weighted by atomic mass is 79.9. The Hall–Kier alpha value is -1.34. The van der Waals surface area contributed by atoms with Gasteiger partial charge in [-0.1, -0.05) is 19.1 Å². The zero-order valence-corrected chi connectivity index (χ0v) is 12.8. The second-order valence-corrected chi connectivity index (χ2v) is 5.75. The lowest BCUT2D eigenvalue weighted by Gasteiger charge is -2.05. The van der Waals surface area contributed by atoms with Crippen molar-refractivity contribution in [1.29, 1.82) is 0 Å². The van der Waals surface area contributed by atoms with Crippen LogP contribution in [0.5, 0.6) is 0 Å². The van der Waals surface area contributed by atoms with Crippen molar-refractivity contribution in [3.8, 4) is 5.69 Å². The van der Waals surface area contributed by atoms with Crippen molar-refractivity contribution in [2.45, 2.75) is 20.4 Å². The van der Waals surface area contributed by atoms with E-state index in [4.69, 9.17) is 0 Å². The summed E-state index contributed by atoms with van der Waals surface area (Å²) in [6.07, 6.45) is 1.58. The largest absolute Gasteiger partial charge is 0.311 e. The lowest BCUT2D eigenvalue weighted by molar-refractivity contribution is 0.548. The Morgan fingerprint density at radius 2 is 2.05 bits per heavy atom. The summed E-state index contributed by atoms with van der Waals surface area (Å²) in [4.78, 5) is 0. The zero-order chi connectivity index (χ0) is 14.7. The van der Waals surface area contributed by atoms with Crippen LogP contribution in [-0.4, -0.2) is 21.5 Å². The molecule has 0 aliphatic rings. The third-order valence-corrected chi connectivity index (χ3v) is 3.24. The molecule has 20 heavy (non-hydrogen) atoms. The summed E-state index contributed by atoms with van der Waals surface area (Å²) in [5.41, 5.74) is 0.710. The predicted octanol–water partition coefficient (Wildman–Crippen LogP) is 3.05. The van der Waals surface area contributed by atoms with Crippen molar-refractivity contribution in [2.75, 3.05) is 6.54 Å². The average Bonchev–Trinajstić information content (AvgIpc) is 2.82. The number of hydrogen-bond acceptors (Lipinski definition) is 3. The van der Waals surface area contributed by atoms with Crippen molar-refractivity contribution < 1.29 is 8.78 Å². The normalized spacial score (nSPS) is 11.3. The SMILES string of the molecule is CC(C)CNCc1cn(-c2cc(F)c(Br)cc2F)nn1. The molecular weight excluding hydrogens is 330 g/mol. The molecule has 0 spiro atoms. The van der Waals surface area contributed by atoms with Crippen LogP contribution in [-0.2, 0) is 6.54 Å². The van der Waals surface area contributed by atoms with Crippen molar-refractivity contribution in [3.63, 3.8) is 0 Å². The molecule has 0 radical (unpaired) electrons. The maximum absolute atomic E-state index is 13.8. The van der Waals surface area contributed by atoms with Crippen LogP contribution in [0.4, 0.5) is 8.78 Å². The first kappa shape index (κ1) is 15.1. The maximum atomic E-state index is 13.8. The molecule has 1 aromatic carbocycles. The molecule has 0 atom stereocenters. The lowest BCUT2D eigenvalue weighted by atomic mass is 10.2. The molecule has 2 rings (SSSR count). The van der Waals surface area contributed by atoms with Crippen LogP contribution < -0.4 is 5.32 Å². The molecule has 0 bridgehead atoms. The molecule has 7 heteroatoms. The summed E-state index contributed by atoms with van der Waals surface area (Å²) >= 11 is 2.94. The fraction of sp³-hybridized carbons (Fsp3) is 0.385. The standard InChI is InChI=1S/C13H15BrF2N4/c1-8(2)5-17-6-9-7-20(19-18-9)13-4-11(15)10(14)3-12(13)16/h3-4,7-8,17H,5-6H2,1-2H3. The van der Waals surface area contributed by atoms with Gasteiger partial charge in [-0.05, 0) is 34.5 Å². The molecule has 2 aromatic rings. The predicted molar refractivity (Wildman–Crippen MR) is 75.5 cm³/mol. The van der Waals surface area contributed by atoms with Gasteiger partial charge in [-0.25, -0.2) is 13.5 Å². The Bertz CT molecular complexity index is 598. The molecule has 0 saturated carbocycles. The summed E-state index contributed by atoms with van der Waals surface area (Å²) in [5, 5.41) is 11.0. The monoisotopic (exact) mass is 344 g/mol. The summed E-state index contributed by atoms with van der Waals surface area (Å²) in [5.74, 6) is -0.579. The van der Waals surface area contributed by atoms with Gasteiger partial charge in [0.2, 0.25) is 0 Å². The van der Waals surface area contributed by atoms with Gasteiger partial charge in [0, 0.05) is 12.6 Å². The van der Waals surface area contributed by atoms with E-state index in [9.17, 15) is 8.78 Å². The summed E-state index contributed by atoms with van der Waals surface area (Å²) in [7, 11) is 0. The minimum Gasteiger partial charge on any atom is -0.311 e. The fourth-order valence-corrected chi connectivity index (χ4v) is 1.99. The molecule has 4 nitrogen and oxygen atoms in total. The minimum absolute atomic E-state index is 0.0355. The van der Waals surface area contributed by atoms with E-state index < -0.39 is 11.6 Å².